The van der Waals surface area contributed by atoms with Gasteiger partial charge < -0.3 is 10.2 Å². The molecule has 2 rings (SSSR count). The average Bonchev–Trinajstić information content (AvgIpc) is 2.49. The first-order chi connectivity index (χ1) is 10.1. The van der Waals surface area contributed by atoms with Gasteiger partial charge in [0, 0.05) is 37.5 Å². The molecular formula is C13H17ClN4O3. The number of aromatic nitrogens is 2. The minimum absolute atomic E-state index is 0.00581. The maximum absolute atomic E-state index is 11.9. The molecule has 1 fully saturated rings. The van der Waals surface area contributed by atoms with Gasteiger partial charge in [-0.1, -0.05) is 0 Å². The Morgan fingerprint density at radius 1 is 1.38 bits per heavy atom. The molecule has 1 saturated heterocycles. The summed E-state index contributed by atoms with van der Waals surface area (Å²) in [5, 5.41) is 8.76. The van der Waals surface area contributed by atoms with Crippen LogP contribution in [-0.4, -0.2) is 51.9 Å². The zero-order valence-electron chi connectivity index (χ0n) is 11.5. The number of halogens is 1. The van der Waals surface area contributed by atoms with Crippen molar-refractivity contribution in [1.82, 2.24) is 20.4 Å². The minimum atomic E-state index is -0.349. The van der Waals surface area contributed by atoms with Gasteiger partial charge in [-0.25, -0.2) is 5.10 Å². The van der Waals surface area contributed by atoms with Gasteiger partial charge in [0.05, 0.1) is 0 Å². The smallest absolute Gasteiger partial charge is 0.271 e. The summed E-state index contributed by atoms with van der Waals surface area (Å²) in [6.45, 7) is 1.22. The molecule has 7 nitrogen and oxygen atoms in total. The predicted octanol–water partition coefficient (Wildman–Crippen LogP) is 0.120. The number of rotatable bonds is 4. The van der Waals surface area contributed by atoms with Crippen molar-refractivity contribution in [3.63, 3.8) is 0 Å². The third-order valence-electron chi connectivity index (χ3n) is 3.40. The van der Waals surface area contributed by atoms with E-state index in [-0.39, 0.29) is 29.1 Å². The first-order valence-electron chi connectivity index (χ1n) is 6.80. The highest BCUT2D eigenvalue weighted by Gasteiger charge is 2.24. The van der Waals surface area contributed by atoms with E-state index in [9.17, 15) is 14.4 Å². The normalized spacial score (nSPS) is 15.8. The van der Waals surface area contributed by atoms with E-state index in [0.29, 0.717) is 38.2 Å². The number of hydrogen-bond donors (Lipinski definition) is 2. The van der Waals surface area contributed by atoms with Gasteiger partial charge in [-0.3, -0.25) is 14.4 Å². The second-order valence-electron chi connectivity index (χ2n) is 4.87. The zero-order chi connectivity index (χ0) is 15.2. The first kappa shape index (κ1) is 15.5. The Bertz CT molecular complexity index is 546. The summed E-state index contributed by atoms with van der Waals surface area (Å²) in [4.78, 5) is 36.3. The molecule has 114 valence electrons. The molecule has 0 saturated carbocycles. The number of hydrogen-bond acceptors (Lipinski definition) is 4. The third-order valence-corrected chi connectivity index (χ3v) is 3.59. The largest absolute Gasteiger partial charge is 0.348 e. The van der Waals surface area contributed by atoms with Crippen LogP contribution in [0.4, 0.5) is 0 Å². The number of nitrogens with one attached hydrogen (secondary N) is 2. The van der Waals surface area contributed by atoms with E-state index >= 15 is 0 Å². The summed E-state index contributed by atoms with van der Waals surface area (Å²) in [7, 11) is 0. The summed E-state index contributed by atoms with van der Waals surface area (Å²) in [5.41, 5.74) is -0.173. The summed E-state index contributed by atoms with van der Waals surface area (Å²) in [6, 6.07) is 2.65. The second kappa shape index (κ2) is 7.21. The molecule has 1 aromatic heterocycles. The van der Waals surface area contributed by atoms with Crippen LogP contribution in [0.2, 0.25) is 0 Å². The summed E-state index contributed by atoms with van der Waals surface area (Å²) in [5.74, 6) is 0.0572. The molecule has 2 heterocycles. The topological polar surface area (TPSA) is 95.2 Å². The number of amides is 2. The van der Waals surface area contributed by atoms with E-state index < -0.39 is 0 Å². The Hall–Kier alpha value is -1.89. The van der Waals surface area contributed by atoms with Gasteiger partial charge in [-0.05, 0) is 18.9 Å². The maximum Gasteiger partial charge on any atom is 0.271 e. The standard InChI is InChI=1S/C13H17ClN4O3/c14-6-3-12(20)18-7-4-9(5-8-18)15-13(21)10-1-2-11(19)17-16-10/h1-2,9H,3-8H2,(H,15,21)(H,17,19). The predicted molar refractivity (Wildman–Crippen MR) is 77.3 cm³/mol. The lowest BCUT2D eigenvalue weighted by Gasteiger charge is -2.32. The Labute approximate surface area is 126 Å². The fraction of sp³-hybridized carbons (Fsp3) is 0.538. The van der Waals surface area contributed by atoms with Crippen molar-refractivity contribution >= 4 is 23.4 Å². The van der Waals surface area contributed by atoms with Crippen molar-refractivity contribution in [2.24, 2.45) is 0 Å². The molecule has 21 heavy (non-hydrogen) atoms. The van der Waals surface area contributed by atoms with Crippen LogP contribution in [0.15, 0.2) is 16.9 Å². The van der Waals surface area contributed by atoms with Crippen LogP contribution >= 0.6 is 11.6 Å². The number of likely N-dealkylation sites (tertiary alicyclic amines) is 1. The van der Waals surface area contributed by atoms with Crippen LogP contribution in [0.3, 0.4) is 0 Å². The number of alkyl halides is 1. The average molecular weight is 313 g/mol. The maximum atomic E-state index is 11.9. The highest BCUT2D eigenvalue weighted by Crippen LogP contribution is 2.12. The van der Waals surface area contributed by atoms with Gasteiger partial charge >= 0.3 is 0 Å². The van der Waals surface area contributed by atoms with Crippen LogP contribution in [0.1, 0.15) is 29.8 Å². The molecule has 2 amide bonds. The van der Waals surface area contributed by atoms with Crippen LogP contribution in [-0.2, 0) is 4.79 Å². The lowest BCUT2D eigenvalue weighted by Crippen LogP contribution is -2.46. The SMILES string of the molecule is O=C(NC1CCN(C(=O)CCCl)CC1)c1ccc(=O)[nH]n1. The number of nitrogens with zero attached hydrogens (tertiary/aromatic N) is 2. The van der Waals surface area contributed by atoms with Gasteiger partial charge in [0.15, 0.2) is 0 Å². The molecule has 0 aromatic carbocycles. The number of piperidine rings is 1. The van der Waals surface area contributed by atoms with Gasteiger partial charge in [-0.15, -0.1) is 11.6 Å². The van der Waals surface area contributed by atoms with Crippen LogP contribution in [0.5, 0.6) is 0 Å². The molecule has 2 N–H and O–H groups in total. The minimum Gasteiger partial charge on any atom is -0.348 e. The third kappa shape index (κ3) is 4.29. The number of aromatic amines is 1. The van der Waals surface area contributed by atoms with Crippen molar-refractivity contribution in [1.29, 1.82) is 0 Å². The monoisotopic (exact) mass is 312 g/mol. The second-order valence-corrected chi connectivity index (χ2v) is 5.25. The molecule has 1 aliphatic rings. The van der Waals surface area contributed by atoms with Crippen molar-refractivity contribution in [3.05, 3.63) is 28.2 Å². The van der Waals surface area contributed by atoms with E-state index in [1.807, 2.05) is 0 Å². The number of H-pyrrole nitrogens is 1. The lowest BCUT2D eigenvalue weighted by atomic mass is 10.0. The molecular weight excluding hydrogens is 296 g/mol. The molecule has 0 aliphatic carbocycles. The molecule has 0 atom stereocenters. The molecule has 1 aliphatic heterocycles. The van der Waals surface area contributed by atoms with Gasteiger partial charge in [0.2, 0.25) is 5.91 Å². The highest BCUT2D eigenvalue weighted by molar-refractivity contribution is 6.18. The van der Waals surface area contributed by atoms with Crippen molar-refractivity contribution in [2.45, 2.75) is 25.3 Å². The van der Waals surface area contributed by atoms with Crippen LogP contribution < -0.4 is 10.9 Å². The Kier molecular flexibility index (Phi) is 5.32. The Morgan fingerprint density at radius 2 is 2.10 bits per heavy atom. The first-order valence-corrected chi connectivity index (χ1v) is 7.34. The summed E-state index contributed by atoms with van der Waals surface area (Å²) in [6.07, 6.45) is 1.74. The van der Waals surface area contributed by atoms with Crippen molar-refractivity contribution in [3.8, 4) is 0 Å². The summed E-state index contributed by atoms with van der Waals surface area (Å²) < 4.78 is 0. The Balaban J connectivity index is 1.83. The summed E-state index contributed by atoms with van der Waals surface area (Å²) >= 11 is 5.56. The van der Waals surface area contributed by atoms with E-state index in [0.717, 1.165) is 0 Å². The van der Waals surface area contributed by atoms with E-state index in [4.69, 9.17) is 11.6 Å². The van der Waals surface area contributed by atoms with Crippen LogP contribution in [0.25, 0.3) is 0 Å². The number of carbonyl (C=O) groups excluding carboxylic acids is 2. The Morgan fingerprint density at radius 3 is 2.67 bits per heavy atom. The lowest BCUT2D eigenvalue weighted by molar-refractivity contribution is -0.131. The van der Waals surface area contributed by atoms with E-state index in [1.54, 1.807) is 4.90 Å². The molecule has 1 aromatic rings. The highest BCUT2D eigenvalue weighted by atomic mass is 35.5. The molecule has 8 heteroatoms. The van der Waals surface area contributed by atoms with Crippen LogP contribution in [0, 0.1) is 0 Å². The van der Waals surface area contributed by atoms with Crippen molar-refractivity contribution in [2.75, 3.05) is 19.0 Å². The fourth-order valence-electron chi connectivity index (χ4n) is 2.24. The van der Waals surface area contributed by atoms with Crippen molar-refractivity contribution < 1.29 is 9.59 Å². The molecule has 0 radical (unpaired) electrons. The fourth-order valence-corrected chi connectivity index (χ4v) is 2.40. The molecule has 0 spiro atoms. The number of carbonyl (C=O) groups is 2. The van der Waals surface area contributed by atoms with Gasteiger partial charge in [0.25, 0.3) is 11.5 Å². The molecule has 0 bridgehead atoms. The quantitative estimate of drug-likeness (QED) is 0.772. The molecule has 0 unspecified atom stereocenters. The van der Waals surface area contributed by atoms with E-state index in [2.05, 4.69) is 15.5 Å². The van der Waals surface area contributed by atoms with Gasteiger partial charge in [0.1, 0.15) is 5.69 Å². The zero-order valence-corrected chi connectivity index (χ0v) is 12.2. The van der Waals surface area contributed by atoms with Gasteiger partial charge in [-0.2, -0.15) is 5.10 Å². The van der Waals surface area contributed by atoms with E-state index in [1.165, 1.54) is 12.1 Å².